The summed E-state index contributed by atoms with van der Waals surface area (Å²) in [5.41, 5.74) is 13.5. The Morgan fingerprint density at radius 1 is 0.643 bits per heavy atom. The lowest BCUT2D eigenvalue weighted by Crippen LogP contribution is -2.39. The Hall–Kier alpha value is -6.49. The fourth-order valence-corrected chi connectivity index (χ4v) is 10.6. The molecule has 4 heteroatoms. The molecule has 3 heterocycles. The standard InChI is InChI=1S/C52H39N3S/c1-4-15-34(16-5-1)37-21-12-22-38(31-37)46-33-45(36-19-8-3-9-20-36)53-52(54-46)39-29-30-42-41-23-10-11-27-47(41)55(49(42)32-39)48-28-14-26-44-43-25-13-24-40(50(43)56-51(44)48)35-17-6-2-7-18-35/h1-27,29-33,42,45,48-49H,28H2,(H,53,54). The third kappa shape index (κ3) is 5.60. The average molecular weight is 738 g/mol. The van der Waals surface area contributed by atoms with Crippen LogP contribution in [0.5, 0.6) is 0 Å². The van der Waals surface area contributed by atoms with Gasteiger partial charge in [0.05, 0.1) is 23.8 Å². The van der Waals surface area contributed by atoms with Gasteiger partial charge in [-0.2, -0.15) is 0 Å². The number of hydrogen-bond acceptors (Lipinski definition) is 4. The first-order chi connectivity index (χ1) is 27.8. The Kier molecular flexibility index (Phi) is 8.03. The Bertz CT molecular complexity index is 2770. The molecule has 56 heavy (non-hydrogen) atoms. The van der Waals surface area contributed by atoms with Crippen LogP contribution in [0.15, 0.2) is 199 Å². The van der Waals surface area contributed by atoms with Crippen molar-refractivity contribution in [3.05, 3.63) is 221 Å². The predicted molar refractivity (Wildman–Crippen MR) is 236 cm³/mol. The van der Waals surface area contributed by atoms with E-state index in [0.29, 0.717) is 0 Å². The molecule has 0 bridgehead atoms. The first-order valence-corrected chi connectivity index (χ1v) is 20.4. The minimum atomic E-state index is -0.0219. The molecule has 11 rings (SSSR count). The molecule has 0 saturated carbocycles. The summed E-state index contributed by atoms with van der Waals surface area (Å²) in [6, 6.07) is 57.2. The number of rotatable bonds is 6. The molecule has 1 N–H and O–H groups in total. The van der Waals surface area contributed by atoms with Gasteiger partial charge in [0.15, 0.2) is 0 Å². The van der Waals surface area contributed by atoms with Crippen LogP contribution in [-0.4, -0.2) is 11.9 Å². The molecule has 268 valence electrons. The third-order valence-electron chi connectivity index (χ3n) is 11.8. The maximum atomic E-state index is 5.41. The van der Waals surface area contributed by atoms with Crippen LogP contribution in [0.2, 0.25) is 0 Å². The highest BCUT2D eigenvalue weighted by Crippen LogP contribution is 2.53. The first-order valence-electron chi connectivity index (χ1n) is 19.6. The van der Waals surface area contributed by atoms with Gasteiger partial charge < -0.3 is 10.2 Å². The highest BCUT2D eigenvalue weighted by atomic mass is 32.1. The topological polar surface area (TPSA) is 27.6 Å². The Balaban J connectivity index is 1.01. The summed E-state index contributed by atoms with van der Waals surface area (Å²) in [7, 11) is 0. The van der Waals surface area contributed by atoms with E-state index in [-0.39, 0.29) is 24.0 Å². The smallest absolute Gasteiger partial charge is 0.134 e. The fourth-order valence-electron chi connectivity index (χ4n) is 9.16. The average Bonchev–Trinajstić information content (AvgIpc) is 3.83. The van der Waals surface area contributed by atoms with Gasteiger partial charge in [-0.05, 0) is 63.6 Å². The highest BCUT2D eigenvalue weighted by molar-refractivity contribution is 7.20. The fraction of sp³-hybridized carbons (Fsp3) is 0.0962. The molecule has 0 amide bonds. The van der Waals surface area contributed by atoms with Crippen molar-refractivity contribution >= 4 is 44.7 Å². The number of nitrogens with zero attached hydrogens (tertiary/aromatic N) is 2. The number of fused-ring (bicyclic) bond motifs is 6. The molecule has 7 aromatic rings. The van der Waals surface area contributed by atoms with E-state index in [1.165, 1.54) is 59.6 Å². The number of hydrogen-bond donors (Lipinski definition) is 1. The van der Waals surface area contributed by atoms with Gasteiger partial charge in [0.1, 0.15) is 5.84 Å². The molecule has 4 atom stereocenters. The van der Waals surface area contributed by atoms with Crippen molar-refractivity contribution in [1.82, 2.24) is 5.32 Å². The van der Waals surface area contributed by atoms with E-state index in [2.05, 4.69) is 204 Å². The lowest BCUT2D eigenvalue weighted by atomic mass is 9.87. The monoisotopic (exact) mass is 737 g/mol. The molecule has 0 spiro atoms. The summed E-state index contributed by atoms with van der Waals surface area (Å²) in [6.45, 7) is 0. The number of thiophene rings is 1. The second-order valence-corrected chi connectivity index (χ2v) is 16.1. The zero-order valence-electron chi connectivity index (χ0n) is 30.8. The van der Waals surface area contributed by atoms with E-state index in [9.17, 15) is 0 Å². The molecule has 3 nitrogen and oxygen atoms in total. The zero-order valence-corrected chi connectivity index (χ0v) is 31.6. The number of nitrogens with one attached hydrogen (secondary N) is 1. The minimum Gasteiger partial charge on any atom is -0.359 e. The summed E-state index contributed by atoms with van der Waals surface area (Å²) in [6.07, 6.45) is 15.2. The predicted octanol–water partition coefficient (Wildman–Crippen LogP) is 12.9. The van der Waals surface area contributed by atoms with E-state index in [0.717, 1.165) is 29.1 Å². The van der Waals surface area contributed by atoms with Gasteiger partial charge in [-0.15, -0.1) is 11.3 Å². The van der Waals surface area contributed by atoms with E-state index >= 15 is 0 Å². The molecule has 6 aromatic carbocycles. The molecule has 0 fully saturated rings. The van der Waals surface area contributed by atoms with Crippen LogP contribution >= 0.6 is 11.3 Å². The normalized spacial score (nSPS) is 20.7. The Morgan fingerprint density at radius 2 is 1.36 bits per heavy atom. The largest absolute Gasteiger partial charge is 0.359 e. The van der Waals surface area contributed by atoms with Crippen molar-refractivity contribution in [2.45, 2.75) is 30.5 Å². The van der Waals surface area contributed by atoms with E-state index in [1.807, 2.05) is 11.3 Å². The zero-order chi connectivity index (χ0) is 37.0. The second kappa shape index (κ2) is 13.7. The second-order valence-electron chi connectivity index (χ2n) is 15.0. The molecule has 2 aliphatic heterocycles. The molecule has 4 aliphatic rings. The molecule has 4 unspecified atom stereocenters. The number of benzene rings is 6. The van der Waals surface area contributed by atoms with Gasteiger partial charge in [0.25, 0.3) is 0 Å². The van der Waals surface area contributed by atoms with Crippen LogP contribution < -0.4 is 10.2 Å². The van der Waals surface area contributed by atoms with Crippen molar-refractivity contribution in [3.8, 4) is 22.3 Å². The minimum absolute atomic E-state index is 0.0219. The lowest BCUT2D eigenvalue weighted by Gasteiger charge is -2.38. The first kappa shape index (κ1) is 32.9. The van der Waals surface area contributed by atoms with Crippen LogP contribution in [0.25, 0.3) is 44.1 Å². The third-order valence-corrected chi connectivity index (χ3v) is 13.1. The lowest BCUT2D eigenvalue weighted by molar-refractivity contribution is 0.575. The van der Waals surface area contributed by atoms with Gasteiger partial charge in [0, 0.05) is 37.7 Å². The summed E-state index contributed by atoms with van der Waals surface area (Å²) in [4.78, 5) is 9.58. The summed E-state index contributed by atoms with van der Waals surface area (Å²) < 4.78 is 1.37. The van der Waals surface area contributed by atoms with Gasteiger partial charge in [-0.1, -0.05) is 176 Å². The van der Waals surface area contributed by atoms with Crippen LogP contribution in [0.1, 0.15) is 51.6 Å². The summed E-state index contributed by atoms with van der Waals surface area (Å²) in [5, 5.41) is 5.21. The van der Waals surface area contributed by atoms with Gasteiger partial charge in [-0.25, -0.2) is 4.99 Å². The quantitative estimate of drug-likeness (QED) is 0.184. The van der Waals surface area contributed by atoms with Gasteiger partial charge >= 0.3 is 0 Å². The summed E-state index contributed by atoms with van der Waals surface area (Å²) in [5.74, 6) is 1.16. The number of amidine groups is 1. The molecular weight excluding hydrogens is 699 g/mol. The van der Waals surface area contributed by atoms with Crippen molar-refractivity contribution in [2.24, 2.45) is 4.99 Å². The highest BCUT2D eigenvalue weighted by Gasteiger charge is 2.43. The van der Waals surface area contributed by atoms with E-state index < -0.39 is 0 Å². The van der Waals surface area contributed by atoms with Gasteiger partial charge in [0.2, 0.25) is 0 Å². The molecule has 0 radical (unpaired) electrons. The SMILES string of the molecule is C1=Cc2c(sc3c(-c4ccccc4)cccc23)C(N2c3ccccc3C3C=CC(C4=NC(c5cccc(-c6ccccc6)c5)=CC(c5ccccc5)N4)=CC32)C1. The molecular formula is C52H39N3S. The van der Waals surface area contributed by atoms with Crippen LogP contribution in [-0.2, 0) is 0 Å². The van der Waals surface area contributed by atoms with Crippen LogP contribution in [0.3, 0.4) is 0 Å². The van der Waals surface area contributed by atoms with Crippen LogP contribution in [0.4, 0.5) is 5.69 Å². The van der Waals surface area contributed by atoms with Crippen molar-refractivity contribution < 1.29 is 0 Å². The van der Waals surface area contributed by atoms with Gasteiger partial charge in [-0.3, -0.25) is 0 Å². The molecule has 1 aromatic heterocycles. The number of para-hydroxylation sites is 1. The Morgan fingerprint density at radius 3 is 2.20 bits per heavy atom. The van der Waals surface area contributed by atoms with E-state index in [4.69, 9.17) is 4.99 Å². The number of anilines is 1. The molecule has 2 aliphatic carbocycles. The molecule has 0 saturated heterocycles. The van der Waals surface area contributed by atoms with Crippen molar-refractivity contribution in [1.29, 1.82) is 0 Å². The van der Waals surface area contributed by atoms with Crippen LogP contribution in [0, 0.1) is 0 Å². The maximum absolute atomic E-state index is 5.41. The van der Waals surface area contributed by atoms with E-state index in [1.54, 1.807) is 0 Å². The maximum Gasteiger partial charge on any atom is 0.134 e. The van der Waals surface area contributed by atoms with Crippen molar-refractivity contribution in [3.63, 3.8) is 0 Å². The Labute approximate surface area is 332 Å². The number of aliphatic imine (C=N–C) groups is 1. The van der Waals surface area contributed by atoms with Crippen molar-refractivity contribution in [2.75, 3.05) is 4.90 Å². The summed E-state index contributed by atoms with van der Waals surface area (Å²) >= 11 is 1.98.